The molecule has 0 saturated heterocycles. The zero-order valence-electron chi connectivity index (χ0n) is 17.9. The Hall–Kier alpha value is -3.00. The number of hydrogen-bond donors (Lipinski definition) is 0. The Labute approximate surface area is 179 Å². The summed E-state index contributed by atoms with van der Waals surface area (Å²) in [5.74, 6) is 2.30. The highest BCUT2D eigenvalue weighted by Gasteiger charge is 2.40. The van der Waals surface area contributed by atoms with Crippen molar-refractivity contribution in [1.29, 1.82) is 0 Å². The lowest BCUT2D eigenvalue weighted by Gasteiger charge is -2.45. The monoisotopic (exact) mass is 391 g/mol. The summed E-state index contributed by atoms with van der Waals surface area (Å²) in [6.07, 6.45) is 6.22. The lowest BCUT2D eigenvalue weighted by Crippen LogP contribution is -2.35. The molecule has 1 aliphatic carbocycles. The molecule has 1 aliphatic rings. The van der Waals surface area contributed by atoms with E-state index in [0.717, 1.165) is 27.7 Å². The first-order valence-corrected chi connectivity index (χ1v) is 10.8. The van der Waals surface area contributed by atoms with E-state index < -0.39 is 0 Å². The lowest BCUT2D eigenvalue weighted by molar-refractivity contribution is 0.180. The molecule has 0 aliphatic heterocycles. The minimum Gasteiger partial charge on any atom is -0.264 e. The molecule has 4 aromatic rings. The topological polar surface area (TPSA) is 25.8 Å². The zero-order chi connectivity index (χ0) is 20.7. The van der Waals surface area contributed by atoms with Crippen molar-refractivity contribution in [2.24, 2.45) is 11.3 Å². The van der Waals surface area contributed by atoms with Crippen molar-refractivity contribution in [3.05, 3.63) is 90.6 Å². The van der Waals surface area contributed by atoms with Gasteiger partial charge in [0.15, 0.2) is 0 Å². The van der Waals surface area contributed by atoms with E-state index in [1.807, 2.05) is 18.5 Å². The van der Waals surface area contributed by atoms with Crippen LogP contribution >= 0.6 is 0 Å². The van der Waals surface area contributed by atoms with Gasteiger partial charge in [0.25, 0.3) is 0 Å². The standard InChI is InChI=1S/C28H27N2/c1-28(2,3)25-14-13-23(25)20-9-11-21(12-10-20)27-24(19-7-5-4-6-8-19)17-22-18-29-16-15-26(22)30-27/h4-12,15-18,25H,13-14H2,1-3H3. The molecular formula is C28H27N2. The molecule has 2 nitrogen and oxygen atoms in total. The Balaban J connectivity index is 1.57. The first-order chi connectivity index (χ1) is 14.5. The predicted molar refractivity (Wildman–Crippen MR) is 125 cm³/mol. The van der Waals surface area contributed by atoms with Gasteiger partial charge in [0.1, 0.15) is 0 Å². The van der Waals surface area contributed by atoms with Crippen LogP contribution in [0.25, 0.3) is 33.3 Å². The first-order valence-electron chi connectivity index (χ1n) is 10.8. The summed E-state index contributed by atoms with van der Waals surface area (Å²) >= 11 is 0. The Morgan fingerprint density at radius 1 is 0.833 bits per heavy atom. The third-order valence-corrected chi connectivity index (χ3v) is 6.40. The third-order valence-electron chi connectivity index (χ3n) is 6.40. The van der Waals surface area contributed by atoms with E-state index in [-0.39, 0.29) is 0 Å². The van der Waals surface area contributed by atoms with Crippen LogP contribution in [-0.2, 0) is 0 Å². The van der Waals surface area contributed by atoms with Gasteiger partial charge in [-0.2, -0.15) is 0 Å². The summed E-state index contributed by atoms with van der Waals surface area (Å²) in [5.41, 5.74) is 7.20. The molecule has 0 amide bonds. The molecule has 30 heavy (non-hydrogen) atoms. The maximum atomic E-state index is 5.04. The minimum absolute atomic E-state index is 0.334. The average molecular weight is 392 g/mol. The molecule has 5 rings (SSSR count). The van der Waals surface area contributed by atoms with E-state index in [4.69, 9.17) is 4.98 Å². The Kier molecular flexibility index (Phi) is 4.66. The third kappa shape index (κ3) is 3.41. The molecule has 0 N–H and O–H groups in total. The van der Waals surface area contributed by atoms with Crippen LogP contribution in [0.5, 0.6) is 0 Å². The average Bonchev–Trinajstić information content (AvgIpc) is 2.72. The second kappa shape index (κ2) is 7.36. The number of hydrogen-bond acceptors (Lipinski definition) is 2. The SMILES string of the molecule is CC(C)(C)C1CC[C]1c1ccc(-c2nc3ccncc3cc2-c2ccccc2)cc1. The highest BCUT2D eigenvalue weighted by molar-refractivity contribution is 5.91. The van der Waals surface area contributed by atoms with Gasteiger partial charge in [-0.1, -0.05) is 75.4 Å². The molecule has 149 valence electrons. The van der Waals surface area contributed by atoms with Crippen molar-refractivity contribution in [1.82, 2.24) is 9.97 Å². The molecule has 2 heterocycles. The molecule has 1 radical (unpaired) electrons. The summed E-state index contributed by atoms with van der Waals surface area (Å²) in [7, 11) is 0. The maximum Gasteiger partial charge on any atom is 0.0788 e. The van der Waals surface area contributed by atoms with Crippen LogP contribution in [0.4, 0.5) is 0 Å². The molecule has 1 atom stereocenters. The molecule has 1 fully saturated rings. The van der Waals surface area contributed by atoms with Crippen LogP contribution in [0.2, 0.25) is 0 Å². The van der Waals surface area contributed by atoms with Crippen molar-refractivity contribution in [3.63, 3.8) is 0 Å². The molecule has 2 aromatic heterocycles. The smallest absolute Gasteiger partial charge is 0.0788 e. The molecule has 1 unspecified atom stereocenters. The van der Waals surface area contributed by atoms with Crippen LogP contribution in [0.1, 0.15) is 39.2 Å². The van der Waals surface area contributed by atoms with Crippen molar-refractivity contribution < 1.29 is 0 Å². The predicted octanol–water partition coefficient (Wildman–Crippen LogP) is 7.34. The Morgan fingerprint density at radius 3 is 2.23 bits per heavy atom. The van der Waals surface area contributed by atoms with Crippen molar-refractivity contribution >= 4 is 10.9 Å². The number of fused-ring (bicyclic) bond motifs is 1. The number of aromatic nitrogens is 2. The van der Waals surface area contributed by atoms with E-state index in [2.05, 4.69) is 86.4 Å². The lowest BCUT2D eigenvalue weighted by atomic mass is 9.59. The summed E-state index contributed by atoms with van der Waals surface area (Å²) in [6, 6.07) is 23.8. The fraction of sp³-hybridized carbons (Fsp3) is 0.250. The molecule has 0 bridgehead atoms. The van der Waals surface area contributed by atoms with Crippen molar-refractivity contribution in [2.75, 3.05) is 0 Å². The molecule has 0 spiro atoms. The van der Waals surface area contributed by atoms with E-state index in [1.54, 1.807) is 5.92 Å². The fourth-order valence-corrected chi connectivity index (χ4v) is 4.65. The van der Waals surface area contributed by atoms with Crippen LogP contribution in [0.15, 0.2) is 79.1 Å². The maximum absolute atomic E-state index is 5.04. The van der Waals surface area contributed by atoms with Crippen LogP contribution in [0, 0.1) is 17.3 Å². The largest absolute Gasteiger partial charge is 0.264 e. The van der Waals surface area contributed by atoms with Gasteiger partial charge in [-0.25, -0.2) is 4.98 Å². The van der Waals surface area contributed by atoms with E-state index >= 15 is 0 Å². The first kappa shape index (κ1) is 19.0. The summed E-state index contributed by atoms with van der Waals surface area (Å²) in [6.45, 7) is 7.06. The van der Waals surface area contributed by atoms with Gasteiger partial charge in [-0.3, -0.25) is 4.98 Å². The van der Waals surface area contributed by atoms with Crippen LogP contribution in [0.3, 0.4) is 0 Å². The normalized spacial score (nSPS) is 17.1. The molecular weight excluding hydrogens is 364 g/mol. The number of nitrogens with zero attached hydrogens (tertiary/aromatic N) is 2. The summed E-state index contributed by atoms with van der Waals surface area (Å²) < 4.78 is 0. The second-order valence-electron chi connectivity index (χ2n) is 9.38. The minimum atomic E-state index is 0.334. The van der Waals surface area contributed by atoms with Gasteiger partial charge in [0.05, 0.1) is 11.2 Å². The Bertz CT molecular complexity index is 1170. The van der Waals surface area contributed by atoms with Gasteiger partial charge in [0, 0.05) is 34.8 Å². The van der Waals surface area contributed by atoms with E-state index in [9.17, 15) is 0 Å². The van der Waals surface area contributed by atoms with Crippen LogP contribution in [-0.4, -0.2) is 9.97 Å². The van der Waals surface area contributed by atoms with E-state index in [0.29, 0.717) is 11.3 Å². The highest BCUT2D eigenvalue weighted by atomic mass is 14.7. The summed E-state index contributed by atoms with van der Waals surface area (Å²) in [4.78, 5) is 9.32. The van der Waals surface area contributed by atoms with Crippen molar-refractivity contribution in [2.45, 2.75) is 33.6 Å². The van der Waals surface area contributed by atoms with Gasteiger partial charge in [-0.15, -0.1) is 0 Å². The van der Waals surface area contributed by atoms with Crippen LogP contribution < -0.4 is 0 Å². The number of rotatable bonds is 3. The van der Waals surface area contributed by atoms with Gasteiger partial charge < -0.3 is 0 Å². The molecule has 1 saturated carbocycles. The highest BCUT2D eigenvalue weighted by Crippen LogP contribution is 2.50. The summed E-state index contributed by atoms with van der Waals surface area (Å²) in [5, 5.41) is 1.06. The number of pyridine rings is 2. The quantitative estimate of drug-likeness (QED) is 0.365. The van der Waals surface area contributed by atoms with Gasteiger partial charge >= 0.3 is 0 Å². The fourth-order valence-electron chi connectivity index (χ4n) is 4.65. The molecule has 2 heteroatoms. The van der Waals surface area contributed by atoms with Crippen molar-refractivity contribution in [3.8, 4) is 22.4 Å². The van der Waals surface area contributed by atoms with Gasteiger partial charge in [0.2, 0.25) is 0 Å². The zero-order valence-corrected chi connectivity index (χ0v) is 17.9. The van der Waals surface area contributed by atoms with Gasteiger partial charge in [-0.05, 0) is 47.4 Å². The molecule has 2 aromatic carbocycles. The number of benzene rings is 2. The van der Waals surface area contributed by atoms with E-state index in [1.165, 1.54) is 24.0 Å². The second-order valence-corrected chi connectivity index (χ2v) is 9.38. The Morgan fingerprint density at radius 2 is 1.57 bits per heavy atom.